The number of benzene rings is 1. The molecule has 1 aromatic carbocycles. The molecule has 21 heavy (non-hydrogen) atoms. The van der Waals surface area contributed by atoms with E-state index in [1.807, 2.05) is 25.3 Å². The van der Waals surface area contributed by atoms with E-state index in [9.17, 15) is 4.79 Å². The van der Waals surface area contributed by atoms with E-state index < -0.39 is 0 Å². The number of rotatable bonds is 6. The summed E-state index contributed by atoms with van der Waals surface area (Å²) < 4.78 is 5.09. The van der Waals surface area contributed by atoms with Crippen molar-refractivity contribution in [1.82, 2.24) is 0 Å². The van der Waals surface area contributed by atoms with Crippen molar-refractivity contribution in [1.29, 1.82) is 0 Å². The van der Waals surface area contributed by atoms with E-state index in [2.05, 4.69) is 11.9 Å². The number of nitrogens with zero attached hydrogens (tertiary/aromatic N) is 1. The first-order valence-electron chi connectivity index (χ1n) is 7.31. The van der Waals surface area contributed by atoms with Crippen LogP contribution in [0.3, 0.4) is 0 Å². The van der Waals surface area contributed by atoms with Gasteiger partial charge < -0.3 is 4.74 Å². The molecule has 114 valence electrons. The fourth-order valence-corrected chi connectivity index (χ4v) is 3.65. The Hall–Kier alpha value is -1.00. The Morgan fingerprint density at radius 2 is 2.33 bits per heavy atom. The smallest absolute Gasteiger partial charge is 0.319 e. The highest BCUT2D eigenvalue weighted by molar-refractivity contribution is 8.01. The Bertz CT molecular complexity index is 545. The predicted molar refractivity (Wildman–Crippen MR) is 88.8 cm³/mol. The maximum Gasteiger partial charge on any atom is 0.319 e. The summed E-state index contributed by atoms with van der Waals surface area (Å²) in [4.78, 5) is 17.3. The average molecular weight is 326 g/mol. The number of hydrogen-bond donors (Lipinski definition) is 0. The summed E-state index contributed by atoms with van der Waals surface area (Å²) in [6.45, 7) is 5.21. The van der Waals surface area contributed by atoms with Crippen molar-refractivity contribution in [3.05, 3.63) is 28.3 Å². The largest absolute Gasteiger partial charge is 0.465 e. The lowest BCUT2D eigenvalue weighted by atomic mass is 10.1. The van der Waals surface area contributed by atoms with Gasteiger partial charge in [-0.05, 0) is 37.5 Å². The second-order valence-corrected chi connectivity index (χ2v) is 6.58. The molecule has 5 heteroatoms. The van der Waals surface area contributed by atoms with Crippen LogP contribution in [0.1, 0.15) is 37.8 Å². The third-order valence-electron chi connectivity index (χ3n) is 3.27. The summed E-state index contributed by atoms with van der Waals surface area (Å²) in [7, 11) is 0. The topological polar surface area (TPSA) is 38.7 Å². The van der Waals surface area contributed by atoms with Crippen molar-refractivity contribution in [2.24, 2.45) is 4.99 Å². The second kappa shape index (κ2) is 7.85. The standard InChI is InChI=1S/C16H20ClNO2S/c1-3-5-6-18-10-12-7-11-8-15(16(19)20-4-2)21-14(11)9-13(12)17/h7,9-10,15H,3-6,8H2,1-2H3. The van der Waals surface area contributed by atoms with Crippen molar-refractivity contribution in [2.45, 2.75) is 43.3 Å². The van der Waals surface area contributed by atoms with Crippen molar-refractivity contribution in [2.75, 3.05) is 13.2 Å². The van der Waals surface area contributed by atoms with E-state index in [1.54, 1.807) is 0 Å². The van der Waals surface area contributed by atoms with Crippen LogP contribution in [-0.4, -0.2) is 30.6 Å². The Labute approximate surface area is 135 Å². The Balaban J connectivity index is 2.09. The first-order chi connectivity index (χ1) is 10.2. The molecule has 2 rings (SSSR count). The molecular formula is C16H20ClNO2S. The molecule has 0 spiro atoms. The van der Waals surface area contributed by atoms with Gasteiger partial charge in [0.2, 0.25) is 0 Å². The molecule has 1 heterocycles. The van der Waals surface area contributed by atoms with Crippen LogP contribution >= 0.6 is 23.4 Å². The summed E-state index contributed by atoms with van der Waals surface area (Å²) in [5.41, 5.74) is 2.08. The third kappa shape index (κ3) is 4.24. The molecular weight excluding hydrogens is 306 g/mol. The molecule has 0 amide bonds. The lowest BCUT2D eigenvalue weighted by Gasteiger charge is -2.06. The van der Waals surface area contributed by atoms with E-state index >= 15 is 0 Å². The lowest BCUT2D eigenvalue weighted by molar-refractivity contribution is -0.142. The zero-order valence-electron chi connectivity index (χ0n) is 12.4. The number of halogens is 1. The molecule has 1 unspecified atom stereocenters. The van der Waals surface area contributed by atoms with Crippen LogP contribution < -0.4 is 0 Å². The zero-order chi connectivity index (χ0) is 15.2. The van der Waals surface area contributed by atoms with Gasteiger partial charge in [0.25, 0.3) is 0 Å². The van der Waals surface area contributed by atoms with Gasteiger partial charge in [-0.2, -0.15) is 0 Å². The van der Waals surface area contributed by atoms with Gasteiger partial charge in [0.15, 0.2) is 0 Å². The Morgan fingerprint density at radius 1 is 1.52 bits per heavy atom. The highest BCUT2D eigenvalue weighted by atomic mass is 35.5. The minimum atomic E-state index is -0.150. The first-order valence-corrected chi connectivity index (χ1v) is 8.57. The van der Waals surface area contributed by atoms with E-state index in [-0.39, 0.29) is 11.2 Å². The molecule has 0 N–H and O–H groups in total. The minimum absolute atomic E-state index is 0.145. The summed E-state index contributed by atoms with van der Waals surface area (Å²) in [5.74, 6) is -0.145. The number of esters is 1. The Morgan fingerprint density at radius 3 is 3.05 bits per heavy atom. The van der Waals surface area contributed by atoms with Gasteiger partial charge in [-0.25, -0.2) is 0 Å². The summed E-state index contributed by atoms with van der Waals surface area (Å²) in [6, 6.07) is 3.97. The SMILES string of the molecule is CCCCN=Cc1cc2c(cc1Cl)SC(C(=O)OCC)C2. The number of hydrogen-bond acceptors (Lipinski definition) is 4. The number of carbonyl (C=O) groups excluding carboxylic acids is 1. The van der Waals surface area contributed by atoms with Crippen molar-refractivity contribution in [3.8, 4) is 0 Å². The fourth-order valence-electron chi connectivity index (χ4n) is 2.16. The quantitative estimate of drug-likeness (QED) is 0.448. The lowest BCUT2D eigenvalue weighted by Crippen LogP contribution is -2.19. The van der Waals surface area contributed by atoms with Crippen LogP contribution in [0.15, 0.2) is 22.0 Å². The molecule has 0 saturated carbocycles. The first kappa shape index (κ1) is 16.4. The van der Waals surface area contributed by atoms with E-state index in [0.29, 0.717) is 18.1 Å². The summed E-state index contributed by atoms with van der Waals surface area (Å²) in [6.07, 6.45) is 4.75. The Kier molecular flexibility index (Phi) is 6.12. The molecule has 1 aliphatic heterocycles. The normalized spacial score (nSPS) is 17.2. The van der Waals surface area contributed by atoms with Gasteiger partial charge in [0, 0.05) is 23.2 Å². The molecule has 1 aliphatic rings. The van der Waals surface area contributed by atoms with Crippen LogP contribution in [-0.2, 0) is 16.0 Å². The summed E-state index contributed by atoms with van der Waals surface area (Å²) >= 11 is 7.82. The number of carbonyl (C=O) groups is 1. The van der Waals surface area contributed by atoms with E-state index in [1.165, 1.54) is 11.8 Å². The zero-order valence-corrected chi connectivity index (χ0v) is 14.0. The average Bonchev–Trinajstić information content (AvgIpc) is 2.86. The van der Waals surface area contributed by atoms with Crippen molar-refractivity contribution < 1.29 is 9.53 Å². The number of thioether (sulfide) groups is 1. The number of ether oxygens (including phenoxy) is 1. The van der Waals surface area contributed by atoms with Crippen LogP contribution in [0.25, 0.3) is 0 Å². The molecule has 1 aromatic rings. The van der Waals surface area contributed by atoms with Gasteiger partial charge in [-0.3, -0.25) is 9.79 Å². The van der Waals surface area contributed by atoms with Crippen molar-refractivity contribution in [3.63, 3.8) is 0 Å². The number of unbranched alkanes of at least 4 members (excludes halogenated alkanes) is 1. The van der Waals surface area contributed by atoms with E-state index in [0.717, 1.165) is 35.4 Å². The predicted octanol–water partition coefficient (Wildman–Crippen LogP) is 4.14. The van der Waals surface area contributed by atoms with Crippen molar-refractivity contribution >= 4 is 35.5 Å². The molecule has 1 atom stereocenters. The van der Waals surface area contributed by atoms with Gasteiger partial charge in [0.05, 0.1) is 11.6 Å². The minimum Gasteiger partial charge on any atom is -0.465 e. The van der Waals surface area contributed by atoms with Crippen LogP contribution in [0.2, 0.25) is 5.02 Å². The van der Waals surface area contributed by atoms with E-state index in [4.69, 9.17) is 16.3 Å². The number of fused-ring (bicyclic) bond motifs is 1. The highest BCUT2D eigenvalue weighted by Crippen LogP contribution is 2.40. The van der Waals surface area contributed by atoms with Gasteiger partial charge in [-0.15, -0.1) is 11.8 Å². The molecule has 3 nitrogen and oxygen atoms in total. The van der Waals surface area contributed by atoms with Crippen LogP contribution in [0, 0.1) is 0 Å². The van der Waals surface area contributed by atoms with Crippen LogP contribution in [0.5, 0.6) is 0 Å². The molecule has 0 radical (unpaired) electrons. The van der Waals surface area contributed by atoms with Gasteiger partial charge in [0.1, 0.15) is 5.25 Å². The molecule has 0 aromatic heterocycles. The van der Waals surface area contributed by atoms with Gasteiger partial charge in [-0.1, -0.05) is 24.9 Å². The maximum atomic E-state index is 11.8. The second-order valence-electron chi connectivity index (χ2n) is 4.93. The monoisotopic (exact) mass is 325 g/mol. The third-order valence-corrected chi connectivity index (χ3v) is 4.88. The van der Waals surface area contributed by atoms with Crippen LogP contribution in [0.4, 0.5) is 0 Å². The molecule has 0 saturated heterocycles. The molecule has 0 bridgehead atoms. The highest BCUT2D eigenvalue weighted by Gasteiger charge is 2.30. The fraction of sp³-hybridized carbons (Fsp3) is 0.500. The molecule has 0 fully saturated rings. The maximum absolute atomic E-state index is 11.8. The summed E-state index contributed by atoms with van der Waals surface area (Å²) in [5, 5.41) is 0.536. The molecule has 0 aliphatic carbocycles. The number of aliphatic imine (C=N–C) groups is 1. The van der Waals surface area contributed by atoms with Gasteiger partial charge >= 0.3 is 5.97 Å².